The average Bonchev–Trinajstić information content (AvgIpc) is 2.87. The van der Waals surface area contributed by atoms with Gasteiger partial charge in [-0.05, 0) is 43.7 Å². The van der Waals surface area contributed by atoms with Crippen LogP contribution in [0.25, 0.3) is 0 Å². The highest BCUT2D eigenvalue weighted by atomic mass is 79.9. The van der Waals surface area contributed by atoms with E-state index in [1.54, 1.807) is 13.1 Å². The second kappa shape index (κ2) is 9.76. The van der Waals surface area contributed by atoms with Crippen molar-refractivity contribution in [1.29, 1.82) is 0 Å². The van der Waals surface area contributed by atoms with Crippen LogP contribution in [0.5, 0.6) is 0 Å². The summed E-state index contributed by atoms with van der Waals surface area (Å²) in [5, 5.41) is 13.1. The number of methoxy groups -OCH3 is 1. The van der Waals surface area contributed by atoms with E-state index in [2.05, 4.69) is 31.2 Å². The molecule has 2 heterocycles. The Morgan fingerprint density at radius 1 is 1.38 bits per heavy atom. The number of nitrogens with zero attached hydrogens (tertiary/aromatic N) is 3. The van der Waals surface area contributed by atoms with Crippen LogP contribution >= 0.6 is 15.9 Å². The molecule has 0 unspecified atom stereocenters. The van der Waals surface area contributed by atoms with Gasteiger partial charge in [0.05, 0.1) is 31.2 Å². The number of pyridine rings is 1. The predicted molar refractivity (Wildman–Crippen MR) is 117 cm³/mol. The third-order valence-electron chi connectivity index (χ3n) is 4.38. The lowest BCUT2D eigenvalue weighted by atomic mass is 10.0. The molecule has 8 heteroatoms. The smallest absolute Gasteiger partial charge is 0.305 e. The molecule has 0 radical (unpaired) electrons. The molecule has 0 saturated heterocycles. The molecule has 2 N–H and O–H groups in total. The fraction of sp³-hybridized carbons (Fsp3) is 0.333. The molecule has 1 aromatic heterocycles. The molecule has 2 aromatic rings. The maximum atomic E-state index is 11.7. The number of halogens is 1. The Balaban J connectivity index is 2.11. The Morgan fingerprint density at radius 3 is 2.90 bits per heavy atom. The Bertz CT molecular complexity index is 929. The molecule has 0 amide bonds. The number of benzene rings is 1. The van der Waals surface area contributed by atoms with Crippen LogP contribution in [0.15, 0.2) is 57.1 Å². The summed E-state index contributed by atoms with van der Waals surface area (Å²) in [6.45, 7) is 1.91. The van der Waals surface area contributed by atoms with Gasteiger partial charge in [-0.3, -0.25) is 19.8 Å². The van der Waals surface area contributed by atoms with Crippen LogP contribution in [0.3, 0.4) is 0 Å². The van der Waals surface area contributed by atoms with Gasteiger partial charge in [-0.25, -0.2) is 0 Å². The Labute approximate surface area is 178 Å². The molecule has 0 spiro atoms. The van der Waals surface area contributed by atoms with Crippen molar-refractivity contribution in [2.45, 2.75) is 31.9 Å². The lowest BCUT2D eigenvalue weighted by Gasteiger charge is -2.16. The van der Waals surface area contributed by atoms with Gasteiger partial charge < -0.3 is 15.2 Å². The first kappa shape index (κ1) is 21.1. The number of aliphatic hydroxyl groups excluding tert-OH is 1. The van der Waals surface area contributed by atoms with Gasteiger partial charge in [-0.15, -0.1) is 0 Å². The molecule has 1 aliphatic heterocycles. The highest BCUT2D eigenvalue weighted by molar-refractivity contribution is 9.10. The van der Waals surface area contributed by atoms with E-state index in [0.29, 0.717) is 18.0 Å². The molecule has 0 aliphatic carbocycles. The molecular formula is C21H23BrN4O3. The van der Waals surface area contributed by atoms with Crippen molar-refractivity contribution in [3.63, 3.8) is 0 Å². The van der Waals surface area contributed by atoms with E-state index in [4.69, 9.17) is 9.73 Å². The fourth-order valence-corrected chi connectivity index (χ4v) is 3.33. The number of benzodiazepines with no additional fused rings is 1. The molecule has 152 valence electrons. The van der Waals surface area contributed by atoms with Crippen molar-refractivity contribution in [3.05, 3.63) is 58.3 Å². The summed E-state index contributed by atoms with van der Waals surface area (Å²) in [5.41, 5.74) is 3.16. The Kier molecular flexibility index (Phi) is 7.11. The number of fused-ring (bicyclic) bond motifs is 1. The van der Waals surface area contributed by atoms with Crippen molar-refractivity contribution >= 4 is 39.1 Å². The predicted octanol–water partition coefficient (Wildman–Crippen LogP) is 3.21. The van der Waals surface area contributed by atoms with Gasteiger partial charge in [0.2, 0.25) is 0 Å². The third-order valence-corrected chi connectivity index (χ3v) is 4.88. The number of esters is 1. The van der Waals surface area contributed by atoms with Crippen molar-refractivity contribution in [1.82, 2.24) is 4.98 Å². The number of amidine groups is 1. The molecule has 1 aromatic carbocycles. The summed E-state index contributed by atoms with van der Waals surface area (Å²) < 4.78 is 5.70. The summed E-state index contributed by atoms with van der Waals surface area (Å²) in [6.07, 6.45) is 1.76. The summed E-state index contributed by atoms with van der Waals surface area (Å²) in [6, 6.07) is 11.1. The Morgan fingerprint density at radius 2 is 2.21 bits per heavy atom. The molecule has 0 bridgehead atoms. The number of carbonyl (C=O) groups excluding carboxylic acids is 1. The van der Waals surface area contributed by atoms with Crippen LogP contribution in [0.2, 0.25) is 0 Å². The lowest BCUT2D eigenvalue weighted by Crippen LogP contribution is -2.28. The number of ether oxygens (including phenoxy) is 1. The molecule has 1 aliphatic rings. The second-order valence-electron chi connectivity index (χ2n) is 6.71. The van der Waals surface area contributed by atoms with Gasteiger partial charge >= 0.3 is 5.97 Å². The molecule has 0 saturated carbocycles. The van der Waals surface area contributed by atoms with E-state index in [1.165, 1.54) is 7.11 Å². The van der Waals surface area contributed by atoms with Gasteiger partial charge in [-0.1, -0.05) is 22.0 Å². The number of aliphatic hydroxyl groups is 1. The molecule has 7 nitrogen and oxygen atoms in total. The van der Waals surface area contributed by atoms with Crippen molar-refractivity contribution < 1.29 is 14.6 Å². The summed E-state index contributed by atoms with van der Waals surface area (Å²) in [4.78, 5) is 25.7. The average molecular weight is 459 g/mol. The monoisotopic (exact) mass is 458 g/mol. The van der Waals surface area contributed by atoms with E-state index in [-0.39, 0.29) is 18.9 Å². The first-order valence-electron chi connectivity index (χ1n) is 9.33. The Hall–Kier alpha value is -2.58. The van der Waals surface area contributed by atoms with Gasteiger partial charge in [0.15, 0.2) is 0 Å². The number of hydrogen-bond acceptors (Lipinski definition) is 6. The van der Waals surface area contributed by atoms with Crippen LogP contribution < -0.4 is 5.32 Å². The maximum Gasteiger partial charge on any atom is 0.305 e. The molecule has 29 heavy (non-hydrogen) atoms. The van der Waals surface area contributed by atoms with Crippen molar-refractivity contribution in [2.24, 2.45) is 9.98 Å². The summed E-state index contributed by atoms with van der Waals surface area (Å²) >= 11 is 3.53. The minimum atomic E-state index is -0.586. The molecule has 3 rings (SSSR count). The zero-order valence-corrected chi connectivity index (χ0v) is 17.9. The first-order chi connectivity index (χ1) is 14.0. The van der Waals surface area contributed by atoms with Gasteiger partial charge in [0, 0.05) is 28.3 Å². The topological polar surface area (TPSA) is 96.2 Å². The van der Waals surface area contributed by atoms with Crippen LogP contribution in [-0.2, 0) is 9.53 Å². The summed E-state index contributed by atoms with van der Waals surface area (Å²) in [7, 11) is 1.37. The number of rotatable bonds is 6. The SMILES string of the molecule is COC(=O)CC[C@H]1N=C(c2ccccn2)c2cc(Br)ccc2NC1=NC[C@H](C)O. The zero-order valence-electron chi connectivity index (χ0n) is 16.3. The van der Waals surface area contributed by atoms with Crippen LogP contribution in [0, 0.1) is 0 Å². The molecule has 0 fully saturated rings. The van der Waals surface area contributed by atoms with E-state index in [1.807, 2.05) is 36.4 Å². The second-order valence-corrected chi connectivity index (χ2v) is 7.63. The van der Waals surface area contributed by atoms with E-state index < -0.39 is 12.1 Å². The van der Waals surface area contributed by atoms with Gasteiger partial charge in [0.1, 0.15) is 11.9 Å². The standard InChI is InChI=1S/C21H23BrN4O3/c1-13(27)12-24-21-18(8-9-19(28)29-2)25-20(17-5-3-4-10-23-17)15-11-14(22)6-7-16(15)26-21/h3-7,10-11,13,18,27H,8-9,12H2,1-2H3,(H,24,26)/t13-,18+/m0/s1. The highest BCUT2D eigenvalue weighted by Gasteiger charge is 2.26. The fourth-order valence-electron chi connectivity index (χ4n) is 2.97. The minimum Gasteiger partial charge on any atom is -0.469 e. The quantitative estimate of drug-likeness (QED) is 0.647. The number of aromatic nitrogens is 1. The van der Waals surface area contributed by atoms with Crippen LogP contribution in [-0.4, -0.2) is 53.4 Å². The van der Waals surface area contributed by atoms with E-state index in [0.717, 1.165) is 21.4 Å². The van der Waals surface area contributed by atoms with Crippen LogP contribution in [0.4, 0.5) is 5.69 Å². The van der Waals surface area contributed by atoms with E-state index in [9.17, 15) is 9.90 Å². The first-order valence-corrected chi connectivity index (χ1v) is 10.1. The maximum absolute atomic E-state index is 11.7. The van der Waals surface area contributed by atoms with Gasteiger partial charge in [0.25, 0.3) is 0 Å². The minimum absolute atomic E-state index is 0.204. The van der Waals surface area contributed by atoms with Crippen molar-refractivity contribution in [2.75, 3.05) is 19.0 Å². The van der Waals surface area contributed by atoms with Crippen LogP contribution in [0.1, 0.15) is 31.0 Å². The molecular weight excluding hydrogens is 436 g/mol. The highest BCUT2D eigenvalue weighted by Crippen LogP contribution is 2.28. The number of aliphatic imine (C=N–C) groups is 2. The molecule has 2 atom stereocenters. The normalized spacial score (nSPS) is 18.3. The largest absolute Gasteiger partial charge is 0.469 e. The third kappa shape index (κ3) is 5.48. The van der Waals surface area contributed by atoms with Crippen molar-refractivity contribution in [3.8, 4) is 0 Å². The number of hydrogen-bond donors (Lipinski definition) is 2. The lowest BCUT2D eigenvalue weighted by molar-refractivity contribution is -0.140. The number of nitrogens with one attached hydrogen (secondary N) is 1. The number of anilines is 1. The number of carbonyl (C=O) groups is 1. The zero-order chi connectivity index (χ0) is 20.8. The van der Waals surface area contributed by atoms with E-state index >= 15 is 0 Å². The summed E-state index contributed by atoms with van der Waals surface area (Å²) in [5.74, 6) is 0.295. The van der Waals surface area contributed by atoms with Gasteiger partial charge in [-0.2, -0.15) is 0 Å².